The van der Waals surface area contributed by atoms with E-state index in [4.69, 9.17) is 10.5 Å². The molecule has 0 radical (unpaired) electrons. The minimum Gasteiger partial charge on any atom is -0.487 e. The summed E-state index contributed by atoms with van der Waals surface area (Å²) in [5.41, 5.74) is 7.94. The van der Waals surface area contributed by atoms with Gasteiger partial charge in [-0.3, -0.25) is 0 Å². The SMILES string of the molecule is CC1(C)Cc2ccc(CN)cc2O1. The Hall–Kier alpha value is -1.02. The van der Waals surface area contributed by atoms with Gasteiger partial charge in [0.1, 0.15) is 11.4 Å². The Labute approximate surface area is 78.7 Å². The molecule has 0 aromatic heterocycles. The molecule has 2 rings (SSSR count). The second-order valence-corrected chi connectivity index (χ2v) is 4.18. The van der Waals surface area contributed by atoms with Gasteiger partial charge in [0.25, 0.3) is 0 Å². The van der Waals surface area contributed by atoms with Gasteiger partial charge in [0.15, 0.2) is 0 Å². The molecule has 0 spiro atoms. The van der Waals surface area contributed by atoms with Crippen molar-refractivity contribution in [2.75, 3.05) is 0 Å². The topological polar surface area (TPSA) is 35.2 Å². The molecule has 0 atom stereocenters. The highest BCUT2D eigenvalue weighted by molar-refractivity contribution is 5.41. The summed E-state index contributed by atoms with van der Waals surface area (Å²) >= 11 is 0. The summed E-state index contributed by atoms with van der Waals surface area (Å²) in [6.45, 7) is 4.79. The number of nitrogens with two attached hydrogens (primary N) is 1. The highest BCUT2D eigenvalue weighted by Crippen LogP contribution is 2.35. The summed E-state index contributed by atoms with van der Waals surface area (Å²) in [6, 6.07) is 6.24. The zero-order valence-electron chi connectivity index (χ0n) is 8.13. The van der Waals surface area contributed by atoms with E-state index in [-0.39, 0.29) is 5.60 Å². The quantitative estimate of drug-likeness (QED) is 0.710. The van der Waals surface area contributed by atoms with Crippen molar-refractivity contribution in [3.63, 3.8) is 0 Å². The summed E-state index contributed by atoms with van der Waals surface area (Å²) in [7, 11) is 0. The highest BCUT2D eigenvalue weighted by Gasteiger charge is 2.29. The lowest BCUT2D eigenvalue weighted by Crippen LogP contribution is -2.24. The minimum atomic E-state index is -0.0461. The molecule has 0 unspecified atom stereocenters. The van der Waals surface area contributed by atoms with Crippen LogP contribution in [0.1, 0.15) is 25.0 Å². The van der Waals surface area contributed by atoms with E-state index < -0.39 is 0 Å². The van der Waals surface area contributed by atoms with E-state index in [1.54, 1.807) is 0 Å². The first-order valence-corrected chi connectivity index (χ1v) is 4.62. The lowest BCUT2D eigenvalue weighted by molar-refractivity contribution is 0.138. The van der Waals surface area contributed by atoms with Crippen molar-refractivity contribution >= 4 is 0 Å². The summed E-state index contributed by atoms with van der Waals surface area (Å²) in [6.07, 6.45) is 0.993. The smallest absolute Gasteiger partial charge is 0.123 e. The molecule has 1 aliphatic heterocycles. The van der Waals surface area contributed by atoms with Crippen LogP contribution in [0.5, 0.6) is 5.75 Å². The summed E-state index contributed by atoms with van der Waals surface area (Å²) in [5.74, 6) is 1.01. The van der Waals surface area contributed by atoms with Gasteiger partial charge in [-0.05, 0) is 31.0 Å². The van der Waals surface area contributed by atoms with Crippen molar-refractivity contribution in [2.24, 2.45) is 5.73 Å². The first-order chi connectivity index (χ1) is 6.11. The van der Waals surface area contributed by atoms with Gasteiger partial charge in [0.2, 0.25) is 0 Å². The highest BCUT2D eigenvalue weighted by atomic mass is 16.5. The summed E-state index contributed by atoms with van der Waals surface area (Å²) in [4.78, 5) is 0. The lowest BCUT2D eigenvalue weighted by atomic mass is 10.0. The van der Waals surface area contributed by atoms with E-state index in [9.17, 15) is 0 Å². The molecule has 0 fully saturated rings. The standard InChI is InChI=1S/C11H15NO/c1-11(2)6-9-4-3-8(7-12)5-10(9)13-11/h3-5H,6-7,12H2,1-2H3. The van der Waals surface area contributed by atoms with Gasteiger partial charge in [-0.15, -0.1) is 0 Å². The molecule has 1 heterocycles. The Kier molecular flexibility index (Phi) is 1.81. The van der Waals surface area contributed by atoms with E-state index in [1.807, 2.05) is 6.07 Å². The van der Waals surface area contributed by atoms with Crippen molar-refractivity contribution in [1.82, 2.24) is 0 Å². The number of hydrogen-bond donors (Lipinski definition) is 1. The van der Waals surface area contributed by atoms with E-state index in [2.05, 4.69) is 26.0 Å². The van der Waals surface area contributed by atoms with Crippen LogP contribution >= 0.6 is 0 Å². The maximum Gasteiger partial charge on any atom is 0.123 e. The van der Waals surface area contributed by atoms with E-state index >= 15 is 0 Å². The van der Waals surface area contributed by atoms with Crippen LogP contribution in [-0.4, -0.2) is 5.60 Å². The number of hydrogen-bond acceptors (Lipinski definition) is 2. The number of rotatable bonds is 1. The van der Waals surface area contributed by atoms with Crippen molar-refractivity contribution in [2.45, 2.75) is 32.4 Å². The molecule has 0 amide bonds. The van der Waals surface area contributed by atoms with Gasteiger partial charge >= 0.3 is 0 Å². The van der Waals surface area contributed by atoms with Crippen molar-refractivity contribution in [1.29, 1.82) is 0 Å². The molecule has 0 saturated carbocycles. The molecular weight excluding hydrogens is 162 g/mol. The van der Waals surface area contributed by atoms with Crippen LogP contribution in [0.25, 0.3) is 0 Å². The molecule has 13 heavy (non-hydrogen) atoms. The van der Waals surface area contributed by atoms with Crippen LogP contribution in [-0.2, 0) is 13.0 Å². The Morgan fingerprint density at radius 1 is 1.46 bits per heavy atom. The number of benzene rings is 1. The monoisotopic (exact) mass is 177 g/mol. The molecular formula is C11H15NO. The fourth-order valence-corrected chi connectivity index (χ4v) is 1.76. The summed E-state index contributed by atoms with van der Waals surface area (Å²) in [5, 5.41) is 0. The van der Waals surface area contributed by atoms with Crippen LogP contribution in [0, 0.1) is 0 Å². The van der Waals surface area contributed by atoms with Crippen LogP contribution < -0.4 is 10.5 Å². The second kappa shape index (κ2) is 2.74. The molecule has 0 saturated heterocycles. The van der Waals surface area contributed by atoms with Gasteiger partial charge in [0, 0.05) is 13.0 Å². The van der Waals surface area contributed by atoms with Crippen LogP contribution in [0.2, 0.25) is 0 Å². The van der Waals surface area contributed by atoms with Crippen molar-refractivity contribution < 1.29 is 4.74 Å². The first kappa shape index (κ1) is 8.57. The second-order valence-electron chi connectivity index (χ2n) is 4.18. The lowest BCUT2D eigenvalue weighted by Gasteiger charge is -2.16. The largest absolute Gasteiger partial charge is 0.487 e. The molecule has 1 aromatic carbocycles. The molecule has 0 aliphatic carbocycles. The van der Waals surface area contributed by atoms with Crippen LogP contribution in [0.15, 0.2) is 18.2 Å². The average molecular weight is 177 g/mol. The third kappa shape index (κ3) is 1.54. The predicted molar refractivity (Wildman–Crippen MR) is 52.7 cm³/mol. The van der Waals surface area contributed by atoms with Gasteiger partial charge in [-0.25, -0.2) is 0 Å². The number of ether oxygens (including phenoxy) is 1. The molecule has 1 aromatic rings. The Balaban J connectivity index is 2.36. The molecule has 70 valence electrons. The Morgan fingerprint density at radius 3 is 2.92 bits per heavy atom. The molecule has 2 N–H and O–H groups in total. The normalized spacial score (nSPS) is 18.1. The van der Waals surface area contributed by atoms with Gasteiger partial charge in [0.05, 0.1) is 0 Å². The van der Waals surface area contributed by atoms with Gasteiger partial charge in [-0.2, -0.15) is 0 Å². The predicted octanol–water partition coefficient (Wildman–Crippen LogP) is 1.86. The Bertz CT molecular complexity index is 331. The van der Waals surface area contributed by atoms with E-state index in [0.717, 1.165) is 17.7 Å². The third-order valence-corrected chi connectivity index (χ3v) is 2.37. The molecule has 2 nitrogen and oxygen atoms in total. The summed E-state index contributed by atoms with van der Waals surface area (Å²) < 4.78 is 5.78. The molecule has 1 aliphatic rings. The molecule has 2 heteroatoms. The average Bonchev–Trinajstić information content (AvgIpc) is 2.36. The maximum atomic E-state index is 5.78. The van der Waals surface area contributed by atoms with Crippen LogP contribution in [0.4, 0.5) is 0 Å². The van der Waals surface area contributed by atoms with Crippen LogP contribution in [0.3, 0.4) is 0 Å². The Morgan fingerprint density at radius 2 is 2.23 bits per heavy atom. The zero-order valence-corrected chi connectivity index (χ0v) is 8.13. The fraction of sp³-hybridized carbons (Fsp3) is 0.455. The van der Waals surface area contributed by atoms with E-state index in [1.165, 1.54) is 5.56 Å². The maximum absolute atomic E-state index is 5.78. The fourth-order valence-electron chi connectivity index (χ4n) is 1.76. The van der Waals surface area contributed by atoms with Crippen molar-refractivity contribution in [3.05, 3.63) is 29.3 Å². The van der Waals surface area contributed by atoms with Gasteiger partial charge in [-0.1, -0.05) is 12.1 Å². The first-order valence-electron chi connectivity index (χ1n) is 4.62. The van der Waals surface area contributed by atoms with Crippen molar-refractivity contribution in [3.8, 4) is 5.75 Å². The van der Waals surface area contributed by atoms with E-state index in [0.29, 0.717) is 6.54 Å². The van der Waals surface area contributed by atoms with Gasteiger partial charge < -0.3 is 10.5 Å². The minimum absolute atomic E-state index is 0.0461. The zero-order chi connectivity index (χ0) is 9.47. The molecule has 0 bridgehead atoms. The number of fused-ring (bicyclic) bond motifs is 1. The third-order valence-electron chi connectivity index (χ3n) is 2.37.